The minimum absolute atomic E-state index is 0.102. The van der Waals surface area contributed by atoms with Crippen molar-refractivity contribution in [3.8, 4) is 0 Å². The fraction of sp³-hybridized carbons (Fsp3) is 0.667. The number of amides is 2. The van der Waals surface area contributed by atoms with Crippen molar-refractivity contribution in [3.05, 3.63) is 12.2 Å². The van der Waals surface area contributed by atoms with Crippen LogP contribution in [0.1, 0.15) is 32.6 Å². The molecule has 0 saturated carbocycles. The standard InChI is InChI=1S/C12H20N2O3/c1-9(15)14-10-7-5-3-4-6-8-11(10)17-12(16)13-2/h6,8,10-11H,3-5,7H2,1-2H3,(H,13,16)(H,14,15)/b8-6+. The van der Waals surface area contributed by atoms with Crippen LogP contribution in [0.25, 0.3) is 0 Å². The summed E-state index contributed by atoms with van der Waals surface area (Å²) in [6, 6.07) is -0.138. The van der Waals surface area contributed by atoms with Crippen LogP contribution in [-0.4, -0.2) is 31.2 Å². The van der Waals surface area contributed by atoms with Crippen LogP contribution < -0.4 is 10.6 Å². The van der Waals surface area contributed by atoms with Gasteiger partial charge in [0.05, 0.1) is 6.04 Å². The second-order valence-electron chi connectivity index (χ2n) is 4.14. The van der Waals surface area contributed by atoms with Crippen LogP contribution in [0.3, 0.4) is 0 Å². The van der Waals surface area contributed by atoms with Crippen LogP contribution in [-0.2, 0) is 9.53 Å². The van der Waals surface area contributed by atoms with Gasteiger partial charge in [0.2, 0.25) is 5.91 Å². The largest absolute Gasteiger partial charge is 0.440 e. The number of nitrogens with one attached hydrogen (secondary N) is 2. The normalized spacial score (nSPS) is 26.2. The Labute approximate surface area is 102 Å². The van der Waals surface area contributed by atoms with E-state index in [1.54, 1.807) is 0 Å². The molecule has 1 rings (SSSR count). The molecule has 17 heavy (non-hydrogen) atoms. The third kappa shape index (κ3) is 4.89. The number of carbonyl (C=O) groups is 2. The van der Waals surface area contributed by atoms with Gasteiger partial charge in [0.1, 0.15) is 6.10 Å². The van der Waals surface area contributed by atoms with Crippen LogP contribution in [0.5, 0.6) is 0 Å². The highest BCUT2D eigenvalue weighted by Gasteiger charge is 2.24. The highest BCUT2D eigenvalue weighted by atomic mass is 16.6. The van der Waals surface area contributed by atoms with Crippen molar-refractivity contribution >= 4 is 12.0 Å². The molecule has 2 amide bonds. The van der Waals surface area contributed by atoms with Crippen molar-refractivity contribution in [1.82, 2.24) is 10.6 Å². The molecule has 0 spiro atoms. The Morgan fingerprint density at radius 2 is 2.12 bits per heavy atom. The molecule has 0 aromatic rings. The zero-order valence-corrected chi connectivity index (χ0v) is 10.4. The maximum atomic E-state index is 11.2. The van der Waals surface area contributed by atoms with Gasteiger partial charge >= 0.3 is 6.09 Å². The lowest BCUT2D eigenvalue weighted by molar-refractivity contribution is -0.120. The number of hydrogen-bond donors (Lipinski definition) is 2. The lowest BCUT2D eigenvalue weighted by Gasteiger charge is -2.26. The number of ether oxygens (including phenoxy) is 1. The van der Waals surface area contributed by atoms with Gasteiger partial charge in [-0.3, -0.25) is 4.79 Å². The molecule has 0 heterocycles. The Hall–Kier alpha value is -1.52. The average molecular weight is 240 g/mol. The number of alkyl carbamates (subject to hydrolysis) is 1. The fourth-order valence-electron chi connectivity index (χ4n) is 1.87. The molecule has 5 nitrogen and oxygen atoms in total. The Kier molecular flexibility index (Phi) is 5.52. The molecular formula is C12H20N2O3. The molecule has 0 aromatic heterocycles. The van der Waals surface area contributed by atoms with E-state index in [1.165, 1.54) is 14.0 Å². The molecule has 1 aliphatic rings. The molecule has 0 saturated heterocycles. The lowest BCUT2D eigenvalue weighted by Crippen LogP contribution is -2.45. The molecule has 2 N–H and O–H groups in total. The van der Waals surface area contributed by atoms with Crippen molar-refractivity contribution in [2.75, 3.05) is 7.05 Å². The van der Waals surface area contributed by atoms with Crippen LogP contribution in [0.15, 0.2) is 12.2 Å². The van der Waals surface area contributed by atoms with Crippen molar-refractivity contribution < 1.29 is 14.3 Å². The molecule has 0 aliphatic heterocycles. The summed E-state index contributed by atoms with van der Waals surface area (Å²) < 4.78 is 5.24. The summed E-state index contributed by atoms with van der Waals surface area (Å²) in [5, 5.41) is 5.25. The van der Waals surface area contributed by atoms with Crippen LogP contribution in [0, 0.1) is 0 Å². The Morgan fingerprint density at radius 1 is 1.35 bits per heavy atom. The lowest BCUT2D eigenvalue weighted by atomic mass is 9.99. The monoisotopic (exact) mass is 240 g/mol. The van der Waals surface area contributed by atoms with Crippen molar-refractivity contribution in [1.29, 1.82) is 0 Å². The first-order chi connectivity index (χ1) is 8.13. The average Bonchev–Trinajstić information content (AvgIpc) is 2.26. The van der Waals surface area contributed by atoms with Crippen LogP contribution in [0.2, 0.25) is 0 Å². The molecule has 2 unspecified atom stereocenters. The van der Waals surface area contributed by atoms with E-state index in [-0.39, 0.29) is 18.1 Å². The first-order valence-corrected chi connectivity index (χ1v) is 5.95. The number of hydrogen-bond acceptors (Lipinski definition) is 3. The second kappa shape index (κ2) is 6.93. The van der Waals surface area contributed by atoms with Gasteiger partial charge in [-0.05, 0) is 25.3 Å². The first kappa shape index (κ1) is 13.5. The predicted molar refractivity (Wildman–Crippen MR) is 64.5 cm³/mol. The van der Waals surface area contributed by atoms with Crippen molar-refractivity contribution in [3.63, 3.8) is 0 Å². The molecular weight excluding hydrogens is 220 g/mol. The van der Waals surface area contributed by atoms with Gasteiger partial charge < -0.3 is 15.4 Å². The van der Waals surface area contributed by atoms with Gasteiger partial charge in [0.25, 0.3) is 0 Å². The SMILES string of the molecule is CNC(=O)OC1/C=C/CCCCC1NC(C)=O. The predicted octanol–water partition coefficient (Wildman–Crippen LogP) is 1.35. The van der Waals surface area contributed by atoms with Gasteiger partial charge in [-0.1, -0.05) is 12.5 Å². The molecule has 0 radical (unpaired) electrons. The smallest absolute Gasteiger partial charge is 0.407 e. The molecule has 5 heteroatoms. The maximum absolute atomic E-state index is 11.2. The number of carbonyl (C=O) groups excluding carboxylic acids is 2. The van der Waals surface area contributed by atoms with Gasteiger partial charge in [-0.2, -0.15) is 0 Å². The first-order valence-electron chi connectivity index (χ1n) is 5.95. The third-order valence-corrected chi connectivity index (χ3v) is 2.69. The highest BCUT2D eigenvalue weighted by molar-refractivity contribution is 5.73. The second-order valence-corrected chi connectivity index (χ2v) is 4.14. The van der Waals surface area contributed by atoms with Crippen molar-refractivity contribution in [2.24, 2.45) is 0 Å². The van der Waals surface area contributed by atoms with E-state index in [2.05, 4.69) is 10.6 Å². The van der Waals surface area contributed by atoms with Gasteiger partial charge in [0.15, 0.2) is 0 Å². The summed E-state index contributed by atoms with van der Waals surface area (Å²) in [6.45, 7) is 1.47. The Morgan fingerprint density at radius 3 is 2.76 bits per heavy atom. The molecule has 0 bridgehead atoms. The zero-order chi connectivity index (χ0) is 12.7. The molecule has 0 aromatic carbocycles. The zero-order valence-electron chi connectivity index (χ0n) is 10.4. The Bertz CT molecular complexity index is 302. The number of allylic oxidation sites excluding steroid dienone is 1. The molecule has 96 valence electrons. The van der Waals surface area contributed by atoms with E-state index < -0.39 is 6.09 Å². The molecule has 0 fully saturated rings. The topological polar surface area (TPSA) is 67.4 Å². The van der Waals surface area contributed by atoms with Gasteiger partial charge in [-0.15, -0.1) is 0 Å². The van der Waals surface area contributed by atoms with E-state index >= 15 is 0 Å². The van der Waals surface area contributed by atoms with E-state index in [1.807, 2.05) is 12.2 Å². The summed E-state index contributed by atoms with van der Waals surface area (Å²) in [4.78, 5) is 22.3. The van der Waals surface area contributed by atoms with E-state index in [9.17, 15) is 9.59 Å². The summed E-state index contributed by atoms with van der Waals surface area (Å²) in [5.74, 6) is -0.102. The number of rotatable bonds is 2. The van der Waals surface area contributed by atoms with E-state index in [0.29, 0.717) is 0 Å². The minimum atomic E-state index is -0.476. The van der Waals surface area contributed by atoms with E-state index in [0.717, 1.165) is 25.7 Å². The minimum Gasteiger partial charge on any atom is -0.440 e. The van der Waals surface area contributed by atoms with Gasteiger partial charge in [-0.25, -0.2) is 4.79 Å². The highest BCUT2D eigenvalue weighted by Crippen LogP contribution is 2.15. The molecule has 2 atom stereocenters. The van der Waals surface area contributed by atoms with E-state index in [4.69, 9.17) is 4.74 Å². The van der Waals surface area contributed by atoms with Crippen molar-refractivity contribution in [2.45, 2.75) is 44.8 Å². The fourth-order valence-corrected chi connectivity index (χ4v) is 1.87. The van der Waals surface area contributed by atoms with Crippen LogP contribution in [0.4, 0.5) is 4.79 Å². The van der Waals surface area contributed by atoms with Crippen LogP contribution >= 0.6 is 0 Å². The Balaban J connectivity index is 2.69. The molecule has 1 aliphatic carbocycles. The summed E-state index contributed by atoms with van der Waals surface area (Å²) in [7, 11) is 1.52. The summed E-state index contributed by atoms with van der Waals surface area (Å²) in [5.41, 5.74) is 0. The van der Waals surface area contributed by atoms with Gasteiger partial charge in [0, 0.05) is 14.0 Å². The summed E-state index contributed by atoms with van der Waals surface area (Å²) in [6.07, 6.45) is 6.92. The third-order valence-electron chi connectivity index (χ3n) is 2.69. The quantitative estimate of drug-likeness (QED) is 0.716. The maximum Gasteiger partial charge on any atom is 0.407 e. The summed E-state index contributed by atoms with van der Waals surface area (Å²) >= 11 is 0.